The van der Waals surface area contributed by atoms with Gasteiger partial charge in [-0.05, 0) is 7.05 Å². The van der Waals surface area contributed by atoms with Crippen LogP contribution in [0.2, 0.25) is 0 Å². The first-order valence-corrected chi connectivity index (χ1v) is 6.52. The summed E-state index contributed by atoms with van der Waals surface area (Å²) in [5, 5.41) is 0. The minimum absolute atomic E-state index is 0.310. The van der Waals surface area contributed by atoms with E-state index in [1.807, 2.05) is 4.90 Å². The minimum Gasteiger partial charge on any atom is -0.379 e. The number of likely N-dealkylation sites (N-methyl/N-ethyl adjacent to an activating group) is 1. The van der Waals surface area contributed by atoms with Crippen molar-refractivity contribution >= 4 is 5.91 Å². The lowest BCUT2D eigenvalue weighted by Crippen LogP contribution is -2.48. The number of rotatable bonds is 3. The van der Waals surface area contributed by atoms with Crippen molar-refractivity contribution in [3.05, 3.63) is 0 Å². The van der Waals surface area contributed by atoms with Crippen LogP contribution in [0.3, 0.4) is 0 Å². The molecule has 98 valence electrons. The van der Waals surface area contributed by atoms with E-state index in [0.717, 1.165) is 59.0 Å². The molecule has 0 aliphatic carbocycles. The summed E-state index contributed by atoms with van der Waals surface area (Å²) in [5.41, 5.74) is 0. The standard InChI is InChI=1S/C12H23N3O2/c1-13-4-6-15(7-5-13)12(16)2-3-14-8-10-17-11-9-14/h2-11H2,1H3. The summed E-state index contributed by atoms with van der Waals surface area (Å²) >= 11 is 0. The molecule has 0 N–H and O–H groups in total. The molecule has 5 nitrogen and oxygen atoms in total. The summed E-state index contributed by atoms with van der Waals surface area (Å²) in [6, 6.07) is 0. The van der Waals surface area contributed by atoms with Crippen LogP contribution in [-0.4, -0.2) is 86.7 Å². The highest BCUT2D eigenvalue weighted by Gasteiger charge is 2.19. The Morgan fingerprint density at radius 3 is 2.35 bits per heavy atom. The summed E-state index contributed by atoms with van der Waals surface area (Å²) in [6.07, 6.45) is 0.656. The Balaban J connectivity index is 1.66. The maximum atomic E-state index is 12.0. The first-order chi connectivity index (χ1) is 8.25. The zero-order valence-electron chi connectivity index (χ0n) is 10.7. The van der Waals surface area contributed by atoms with E-state index in [4.69, 9.17) is 4.74 Å². The number of carbonyl (C=O) groups excluding carboxylic acids is 1. The fourth-order valence-electron chi connectivity index (χ4n) is 2.29. The molecule has 0 atom stereocenters. The van der Waals surface area contributed by atoms with Gasteiger partial charge in [-0.3, -0.25) is 9.69 Å². The van der Waals surface area contributed by atoms with Gasteiger partial charge in [0, 0.05) is 52.2 Å². The van der Waals surface area contributed by atoms with E-state index in [0.29, 0.717) is 12.3 Å². The molecule has 5 heteroatoms. The number of morpholine rings is 1. The molecule has 2 rings (SSSR count). The van der Waals surface area contributed by atoms with Gasteiger partial charge in [0.1, 0.15) is 0 Å². The molecule has 0 unspecified atom stereocenters. The van der Waals surface area contributed by atoms with Gasteiger partial charge in [0.25, 0.3) is 0 Å². The molecule has 0 aromatic heterocycles. The van der Waals surface area contributed by atoms with Crippen molar-refractivity contribution in [1.29, 1.82) is 0 Å². The monoisotopic (exact) mass is 241 g/mol. The van der Waals surface area contributed by atoms with Crippen molar-refractivity contribution < 1.29 is 9.53 Å². The second-order valence-electron chi connectivity index (χ2n) is 4.89. The van der Waals surface area contributed by atoms with E-state index in [1.54, 1.807) is 0 Å². The second kappa shape index (κ2) is 6.33. The summed E-state index contributed by atoms with van der Waals surface area (Å²) in [6.45, 7) is 8.22. The second-order valence-corrected chi connectivity index (χ2v) is 4.89. The maximum Gasteiger partial charge on any atom is 0.223 e. The summed E-state index contributed by atoms with van der Waals surface area (Å²) in [5.74, 6) is 0.310. The average Bonchev–Trinajstić information content (AvgIpc) is 2.38. The van der Waals surface area contributed by atoms with Gasteiger partial charge in [-0.25, -0.2) is 0 Å². The van der Waals surface area contributed by atoms with Gasteiger partial charge in [0.2, 0.25) is 5.91 Å². The highest BCUT2D eigenvalue weighted by Crippen LogP contribution is 2.04. The van der Waals surface area contributed by atoms with Gasteiger partial charge in [-0.15, -0.1) is 0 Å². The Morgan fingerprint density at radius 1 is 1.06 bits per heavy atom. The topological polar surface area (TPSA) is 36.0 Å². The zero-order chi connectivity index (χ0) is 12.1. The van der Waals surface area contributed by atoms with Gasteiger partial charge >= 0.3 is 0 Å². The SMILES string of the molecule is CN1CCN(C(=O)CCN2CCOCC2)CC1. The Kier molecular flexibility index (Phi) is 4.76. The smallest absolute Gasteiger partial charge is 0.223 e. The predicted octanol–water partition coefficient (Wildman–Crippen LogP) is -0.517. The van der Waals surface area contributed by atoms with E-state index in [-0.39, 0.29) is 0 Å². The molecule has 0 aromatic rings. The van der Waals surface area contributed by atoms with Crippen LogP contribution in [-0.2, 0) is 9.53 Å². The largest absolute Gasteiger partial charge is 0.379 e. The quantitative estimate of drug-likeness (QED) is 0.666. The number of nitrogens with zero attached hydrogens (tertiary/aromatic N) is 3. The molecule has 2 aliphatic heterocycles. The van der Waals surface area contributed by atoms with Crippen LogP contribution < -0.4 is 0 Å². The molecule has 1 amide bonds. The third kappa shape index (κ3) is 3.94. The van der Waals surface area contributed by atoms with Crippen molar-refractivity contribution in [3.8, 4) is 0 Å². The van der Waals surface area contributed by atoms with Crippen LogP contribution in [0, 0.1) is 0 Å². The molecule has 0 saturated carbocycles. The van der Waals surface area contributed by atoms with Crippen LogP contribution in [0.15, 0.2) is 0 Å². The summed E-state index contributed by atoms with van der Waals surface area (Å²) < 4.78 is 5.29. The molecule has 0 spiro atoms. The highest BCUT2D eigenvalue weighted by atomic mass is 16.5. The molecule has 2 fully saturated rings. The minimum atomic E-state index is 0.310. The molecule has 2 aliphatic rings. The number of hydrogen-bond donors (Lipinski definition) is 0. The fourth-order valence-corrected chi connectivity index (χ4v) is 2.29. The highest BCUT2D eigenvalue weighted by molar-refractivity contribution is 5.76. The van der Waals surface area contributed by atoms with Crippen LogP contribution in [0.5, 0.6) is 0 Å². The van der Waals surface area contributed by atoms with E-state index in [9.17, 15) is 4.79 Å². The molecule has 2 saturated heterocycles. The molecule has 0 radical (unpaired) electrons. The number of ether oxygens (including phenoxy) is 1. The van der Waals surface area contributed by atoms with Crippen molar-refractivity contribution in [3.63, 3.8) is 0 Å². The molecular formula is C12H23N3O2. The maximum absolute atomic E-state index is 12.0. The van der Waals surface area contributed by atoms with Gasteiger partial charge in [0.15, 0.2) is 0 Å². The molecule has 0 bridgehead atoms. The zero-order valence-corrected chi connectivity index (χ0v) is 10.7. The lowest BCUT2D eigenvalue weighted by atomic mass is 10.2. The summed E-state index contributed by atoms with van der Waals surface area (Å²) in [4.78, 5) is 18.6. The van der Waals surface area contributed by atoms with Crippen molar-refractivity contribution in [2.75, 3.05) is 66.1 Å². The van der Waals surface area contributed by atoms with Crippen LogP contribution in [0.1, 0.15) is 6.42 Å². The van der Waals surface area contributed by atoms with E-state index in [1.165, 1.54) is 0 Å². The van der Waals surface area contributed by atoms with Gasteiger partial charge < -0.3 is 14.5 Å². The summed E-state index contributed by atoms with van der Waals surface area (Å²) in [7, 11) is 2.11. The van der Waals surface area contributed by atoms with E-state index < -0.39 is 0 Å². The van der Waals surface area contributed by atoms with Crippen molar-refractivity contribution in [1.82, 2.24) is 14.7 Å². The van der Waals surface area contributed by atoms with Crippen LogP contribution >= 0.6 is 0 Å². The van der Waals surface area contributed by atoms with Crippen molar-refractivity contribution in [2.45, 2.75) is 6.42 Å². The first kappa shape index (κ1) is 12.8. The Hall–Kier alpha value is -0.650. The number of amides is 1. The number of carbonyl (C=O) groups is 1. The average molecular weight is 241 g/mol. The lowest BCUT2D eigenvalue weighted by molar-refractivity contribution is -0.133. The van der Waals surface area contributed by atoms with Gasteiger partial charge in [0.05, 0.1) is 13.2 Å². The molecule has 0 aromatic carbocycles. The van der Waals surface area contributed by atoms with Crippen LogP contribution in [0.4, 0.5) is 0 Å². The number of piperazine rings is 1. The molecular weight excluding hydrogens is 218 g/mol. The van der Waals surface area contributed by atoms with Crippen molar-refractivity contribution in [2.24, 2.45) is 0 Å². The Bertz CT molecular complexity index is 246. The Labute approximate surface area is 103 Å². The van der Waals surface area contributed by atoms with Gasteiger partial charge in [-0.2, -0.15) is 0 Å². The molecule has 17 heavy (non-hydrogen) atoms. The van der Waals surface area contributed by atoms with Gasteiger partial charge in [-0.1, -0.05) is 0 Å². The van der Waals surface area contributed by atoms with Crippen LogP contribution in [0.25, 0.3) is 0 Å². The number of hydrogen-bond acceptors (Lipinski definition) is 4. The Morgan fingerprint density at radius 2 is 1.71 bits per heavy atom. The fraction of sp³-hybridized carbons (Fsp3) is 0.917. The first-order valence-electron chi connectivity index (χ1n) is 6.52. The lowest BCUT2D eigenvalue weighted by Gasteiger charge is -2.33. The van der Waals surface area contributed by atoms with E-state index >= 15 is 0 Å². The molecule has 2 heterocycles. The predicted molar refractivity (Wildman–Crippen MR) is 66.0 cm³/mol. The van der Waals surface area contributed by atoms with E-state index in [2.05, 4.69) is 16.8 Å². The normalized spacial score (nSPS) is 23.9. The third-order valence-corrected chi connectivity index (χ3v) is 3.60. The third-order valence-electron chi connectivity index (χ3n) is 3.60.